The molecule has 1 aromatic rings. The van der Waals surface area contributed by atoms with Crippen LogP contribution in [0.2, 0.25) is 0 Å². The normalized spacial score (nSPS) is 31.9. The molecule has 0 aromatic heterocycles. The van der Waals surface area contributed by atoms with E-state index in [2.05, 4.69) is 6.92 Å². The first-order valence-electron chi connectivity index (χ1n) is 7.75. The number of carbonyl (C=O) groups is 1. The number of carbonyl (C=O) groups excluding carboxylic acids is 1. The van der Waals surface area contributed by atoms with Crippen molar-refractivity contribution in [3.63, 3.8) is 0 Å². The average molecular weight is 298 g/mol. The molecule has 4 rings (SSSR count). The van der Waals surface area contributed by atoms with E-state index in [9.17, 15) is 15.0 Å². The number of hydrogen-bond acceptors (Lipinski definition) is 4. The second-order valence-corrected chi connectivity index (χ2v) is 6.18. The molecule has 1 aromatic carbocycles. The van der Waals surface area contributed by atoms with Crippen molar-refractivity contribution in [1.29, 1.82) is 0 Å². The summed E-state index contributed by atoms with van der Waals surface area (Å²) in [7, 11) is 0. The molecule has 0 radical (unpaired) electrons. The summed E-state index contributed by atoms with van der Waals surface area (Å²) in [6.07, 6.45) is 6.85. The molecule has 22 heavy (non-hydrogen) atoms. The van der Waals surface area contributed by atoms with Gasteiger partial charge in [-0.3, -0.25) is 4.79 Å². The van der Waals surface area contributed by atoms with Crippen LogP contribution in [0.5, 0.6) is 5.75 Å². The van der Waals surface area contributed by atoms with Gasteiger partial charge in [0, 0.05) is 16.7 Å². The minimum absolute atomic E-state index is 0.377. The fraction of sp³-hybridized carbons (Fsp3) is 0.389. The molecule has 2 N–H and O–H groups in total. The van der Waals surface area contributed by atoms with E-state index in [0.717, 1.165) is 31.2 Å². The highest BCUT2D eigenvalue weighted by Gasteiger charge is 2.72. The number of ketones is 1. The van der Waals surface area contributed by atoms with Gasteiger partial charge in [0.05, 0.1) is 0 Å². The van der Waals surface area contributed by atoms with Gasteiger partial charge < -0.3 is 14.9 Å². The van der Waals surface area contributed by atoms with E-state index in [-0.39, 0.29) is 0 Å². The fourth-order valence-corrected chi connectivity index (χ4v) is 3.74. The number of rotatable bonds is 2. The van der Waals surface area contributed by atoms with E-state index in [1.165, 1.54) is 0 Å². The lowest BCUT2D eigenvalue weighted by Crippen LogP contribution is -2.51. The van der Waals surface area contributed by atoms with Crippen LogP contribution < -0.4 is 4.74 Å². The molecular weight excluding hydrogens is 280 g/mol. The Balaban J connectivity index is 1.93. The molecule has 3 aliphatic rings. The standard InChI is InChI=1S/C18H18O4/c1-2-5-11-8-9-15-14(10-11)17(20)16(19)12-6-3-4-7-13(12)18(17,21)22-15/h6-10,20-21H,2-5H2,1H3. The zero-order valence-electron chi connectivity index (χ0n) is 12.4. The number of aryl methyl sites for hydroxylation is 1. The first-order chi connectivity index (χ1) is 10.5. The Bertz CT molecular complexity index is 745. The number of Topliss-reactive ketones (excluding diaryl/α,β-unsaturated/α-hetero) is 1. The molecule has 4 heteroatoms. The van der Waals surface area contributed by atoms with Gasteiger partial charge in [-0.25, -0.2) is 0 Å². The van der Waals surface area contributed by atoms with Gasteiger partial charge in [0.2, 0.25) is 11.4 Å². The molecule has 0 saturated heterocycles. The van der Waals surface area contributed by atoms with Crippen molar-refractivity contribution in [2.45, 2.75) is 44.0 Å². The number of ether oxygens (including phenoxy) is 1. The third-order valence-corrected chi connectivity index (χ3v) is 4.81. The van der Waals surface area contributed by atoms with Gasteiger partial charge in [-0.2, -0.15) is 0 Å². The Kier molecular flexibility index (Phi) is 2.69. The van der Waals surface area contributed by atoms with Gasteiger partial charge in [-0.1, -0.05) is 31.6 Å². The zero-order valence-corrected chi connectivity index (χ0v) is 12.4. The first kappa shape index (κ1) is 13.7. The predicted molar refractivity (Wildman–Crippen MR) is 80.3 cm³/mol. The summed E-state index contributed by atoms with van der Waals surface area (Å²) >= 11 is 0. The second-order valence-electron chi connectivity index (χ2n) is 6.18. The van der Waals surface area contributed by atoms with Crippen molar-refractivity contribution in [3.8, 4) is 5.75 Å². The van der Waals surface area contributed by atoms with Gasteiger partial charge in [-0.15, -0.1) is 0 Å². The lowest BCUT2D eigenvalue weighted by molar-refractivity contribution is -0.202. The van der Waals surface area contributed by atoms with Crippen LogP contribution in [0.1, 0.15) is 37.3 Å². The lowest BCUT2D eigenvalue weighted by Gasteiger charge is -2.28. The maximum absolute atomic E-state index is 12.8. The smallest absolute Gasteiger partial charge is 0.276 e. The second kappa shape index (κ2) is 4.31. The Morgan fingerprint density at radius 2 is 2.00 bits per heavy atom. The topological polar surface area (TPSA) is 66.8 Å². The molecule has 0 amide bonds. The summed E-state index contributed by atoms with van der Waals surface area (Å²) in [6.45, 7) is 2.07. The quantitative estimate of drug-likeness (QED) is 0.878. The summed E-state index contributed by atoms with van der Waals surface area (Å²) in [5.41, 5.74) is 0.159. The summed E-state index contributed by atoms with van der Waals surface area (Å²) in [5, 5.41) is 22.1. The maximum Gasteiger partial charge on any atom is 0.276 e. The molecule has 2 unspecified atom stereocenters. The summed E-state index contributed by atoms with van der Waals surface area (Å²) in [6, 6.07) is 5.42. The van der Waals surface area contributed by atoms with Crippen molar-refractivity contribution >= 4 is 5.78 Å². The van der Waals surface area contributed by atoms with Crippen LogP contribution in [0.4, 0.5) is 0 Å². The van der Waals surface area contributed by atoms with E-state index in [0.29, 0.717) is 22.5 Å². The summed E-state index contributed by atoms with van der Waals surface area (Å²) in [5.74, 6) is -2.08. The van der Waals surface area contributed by atoms with Crippen molar-refractivity contribution in [2.24, 2.45) is 0 Å². The summed E-state index contributed by atoms with van der Waals surface area (Å²) in [4.78, 5) is 12.8. The predicted octanol–water partition coefficient (Wildman–Crippen LogP) is 2.14. The zero-order chi connectivity index (χ0) is 15.5. The molecule has 0 spiro atoms. The number of fused-ring (bicyclic) bond motifs is 5. The molecule has 114 valence electrons. The molecule has 1 aliphatic heterocycles. The van der Waals surface area contributed by atoms with E-state index in [4.69, 9.17) is 4.74 Å². The van der Waals surface area contributed by atoms with Crippen molar-refractivity contribution in [3.05, 3.63) is 52.6 Å². The fourth-order valence-electron chi connectivity index (χ4n) is 3.74. The van der Waals surface area contributed by atoms with Gasteiger partial charge >= 0.3 is 0 Å². The van der Waals surface area contributed by atoms with Crippen LogP contribution in [0.25, 0.3) is 0 Å². The maximum atomic E-state index is 12.8. The molecule has 2 atom stereocenters. The number of hydrogen-bond donors (Lipinski definition) is 2. The van der Waals surface area contributed by atoms with Crippen molar-refractivity contribution < 1.29 is 19.7 Å². The van der Waals surface area contributed by atoms with Crippen LogP contribution in [-0.4, -0.2) is 21.8 Å². The number of benzene rings is 1. The minimum atomic E-state index is -2.03. The van der Waals surface area contributed by atoms with Crippen molar-refractivity contribution in [2.75, 3.05) is 0 Å². The van der Waals surface area contributed by atoms with Crippen LogP contribution >= 0.6 is 0 Å². The van der Waals surface area contributed by atoms with Crippen LogP contribution in [0.3, 0.4) is 0 Å². The molecule has 1 saturated carbocycles. The van der Waals surface area contributed by atoms with E-state index in [1.54, 1.807) is 24.3 Å². The number of allylic oxidation sites excluding steroid dienone is 2. The van der Waals surface area contributed by atoms with Crippen LogP contribution in [-0.2, 0) is 16.8 Å². The lowest BCUT2D eigenvalue weighted by atomic mass is 9.87. The molecule has 2 aliphatic carbocycles. The van der Waals surface area contributed by atoms with Gasteiger partial charge in [0.25, 0.3) is 5.79 Å². The Morgan fingerprint density at radius 3 is 2.77 bits per heavy atom. The van der Waals surface area contributed by atoms with E-state index in [1.807, 2.05) is 6.07 Å². The largest absolute Gasteiger partial charge is 0.454 e. The third-order valence-electron chi connectivity index (χ3n) is 4.81. The highest BCUT2D eigenvalue weighted by atomic mass is 16.7. The average Bonchev–Trinajstić information content (AvgIpc) is 2.85. The summed E-state index contributed by atoms with van der Waals surface area (Å²) < 4.78 is 5.67. The van der Waals surface area contributed by atoms with Gasteiger partial charge in [0.15, 0.2) is 0 Å². The molecule has 4 nitrogen and oxygen atoms in total. The minimum Gasteiger partial charge on any atom is -0.454 e. The van der Waals surface area contributed by atoms with Crippen molar-refractivity contribution in [1.82, 2.24) is 0 Å². The highest BCUT2D eigenvalue weighted by Crippen LogP contribution is 2.58. The van der Waals surface area contributed by atoms with E-state index < -0.39 is 17.2 Å². The Hall–Kier alpha value is -1.91. The SMILES string of the molecule is CCCc1ccc2c(c1)C1(O)C(=O)C3=CCCC=C3C1(O)O2. The monoisotopic (exact) mass is 298 g/mol. The molecular formula is C18H18O4. The molecule has 0 bridgehead atoms. The first-order valence-corrected chi connectivity index (χ1v) is 7.75. The Morgan fingerprint density at radius 1 is 1.23 bits per heavy atom. The molecule has 1 heterocycles. The van der Waals surface area contributed by atoms with Gasteiger partial charge in [-0.05, 0) is 37.0 Å². The number of aliphatic hydroxyl groups is 2. The Labute approximate surface area is 128 Å². The third kappa shape index (κ3) is 1.42. The van der Waals surface area contributed by atoms with Gasteiger partial charge in [0.1, 0.15) is 5.75 Å². The molecule has 1 fully saturated rings. The highest BCUT2D eigenvalue weighted by molar-refractivity contribution is 6.12. The van der Waals surface area contributed by atoms with E-state index >= 15 is 0 Å². The van der Waals surface area contributed by atoms with Crippen LogP contribution in [0, 0.1) is 0 Å². The van der Waals surface area contributed by atoms with Crippen LogP contribution in [0.15, 0.2) is 41.5 Å².